The summed E-state index contributed by atoms with van der Waals surface area (Å²) in [5.41, 5.74) is -0.258. The van der Waals surface area contributed by atoms with Gasteiger partial charge in [0, 0.05) is 28.6 Å². The molecule has 0 saturated heterocycles. The number of halogens is 1. The number of ether oxygens (including phenoxy) is 1. The van der Waals surface area contributed by atoms with E-state index in [1.165, 1.54) is 16.7 Å². The predicted molar refractivity (Wildman–Crippen MR) is 126 cm³/mol. The van der Waals surface area contributed by atoms with Gasteiger partial charge in [0.25, 0.3) is 5.56 Å². The Labute approximate surface area is 200 Å². The maximum atomic E-state index is 14.3. The Morgan fingerprint density at radius 2 is 2.03 bits per heavy atom. The van der Waals surface area contributed by atoms with Gasteiger partial charge in [-0.3, -0.25) is 9.36 Å². The molecule has 0 bridgehead atoms. The second-order valence-corrected chi connectivity index (χ2v) is 11.0. The molecule has 0 fully saturated rings. The number of nitrogens with one attached hydrogen (secondary N) is 1. The third kappa shape index (κ3) is 3.48. The monoisotopic (exact) mass is 501 g/mol. The molecule has 0 amide bonds. The molecule has 5 rings (SSSR count). The Balaban J connectivity index is 1.85. The topological polar surface area (TPSA) is 128 Å². The lowest BCUT2D eigenvalue weighted by Gasteiger charge is -2.32. The fraction of sp³-hybridized carbons (Fsp3) is 0.375. The molecular formula is C24H24FN3O6S. The van der Waals surface area contributed by atoms with Gasteiger partial charge in [0.1, 0.15) is 12.4 Å². The van der Waals surface area contributed by atoms with Crippen LogP contribution in [0.5, 0.6) is 0 Å². The number of benzene rings is 1. The number of sulfonamides is 1. The Hall–Kier alpha value is -3.15. The van der Waals surface area contributed by atoms with Crippen LogP contribution in [-0.2, 0) is 31.8 Å². The van der Waals surface area contributed by atoms with Crippen LogP contribution in [0.1, 0.15) is 48.6 Å². The number of hydrogen-bond acceptors (Lipinski definition) is 7. The summed E-state index contributed by atoms with van der Waals surface area (Å²) in [5, 5.41) is 11.7. The number of aryl methyl sites for hydroxylation is 1. The second kappa shape index (κ2) is 7.67. The number of aliphatic hydroxyl groups is 1. The predicted octanol–water partition coefficient (Wildman–Crippen LogP) is 2.01. The Bertz CT molecular complexity index is 1600. The fourth-order valence-electron chi connectivity index (χ4n) is 5.12. The van der Waals surface area contributed by atoms with E-state index >= 15 is 0 Å². The van der Waals surface area contributed by atoms with Crippen molar-refractivity contribution in [1.82, 2.24) is 14.3 Å². The summed E-state index contributed by atoms with van der Waals surface area (Å²) >= 11 is 0. The minimum Gasteiger partial charge on any atom is -0.458 e. The van der Waals surface area contributed by atoms with Crippen LogP contribution in [0.3, 0.4) is 0 Å². The van der Waals surface area contributed by atoms with Gasteiger partial charge in [-0.05, 0) is 44.0 Å². The maximum absolute atomic E-state index is 14.3. The van der Waals surface area contributed by atoms with E-state index in [4.69, 9.17) is 4.74 Å². The number of aromatic nitrogens is 2. The Kier molecular flexibility index (Phi) is 5.17. The zero-order valence-electron chi connectivity index (χ0n) is 19.5. The molecule has 0 aliphatic carbocycles. The van der Waals surface area contributed by atoms with Crippen molar-refractivity contribution >= 4 is 26.9 Å². The molecule has 2 aliphatic heterocycles. The van der Waals surface area contributed by atoms with Gasteiger partial charge < -0.3 is 9.84 Å². The number of cyclic esters (lactones) is 1. The van der Waals surface area contributed by atoms with E-state index in [0.717, 1.165) is 6.26 Å². The molecule has 0 saturated carbocycles. The number of pyridine rings is 2. The summed E-state index contributed by atoms with van der Waals surface area (Å²) in [7, 11) is -3.63. The lowest BCUT2D eigenvalue weighted by Crippen LogP contribution is -2.46. The highest BCUT2D eigenvalue weighted by molar-refractivity contribution is 7.88. The van der Waals surface area contributed by atoms with E-state index in [2.05, 4.69) is 9.71 Å². The summed E-state index contributed by atoms with van der Waals surface area (Å²) in [5.74, 6) is -1.28. The van der Waals surface area contributed by atoms with Crippen molar-refractivity contribution in [2.45, 2.75) is 51.5 Å². The van der Waals surface area contributed by atoms with Crippen molar-refractivity contribution in [2.24, 2.45) is 0 Å². The minimum atomic E-state index is -3.63. The molecule has 11 heteroatoms. The lowest BCUT2D eigenvalue weighted by molar-refractivity contribution is -0.172. The molecule has 2 aliphatic rings. The third-order valence-corrected chi connectivity index (χ3v) is 7.62. The highest BCUT2D eigenvalue weighted by Crippen LogP contribution is 2.44. The molecule has 1 aromatic carbocycles. The van der Waals surface area contributed by atoms with E-state index in [9.17, 15) is 27.5 Å². The summed E-state index contributed by atoms with van der Waals surface area (Å²) in [6.07, 6.45) is 1.02. The number of nitrogens with zero attached hydrogens (tertiary/aromatic N) is 2. The largest absolute Gasteiger partial charge is 0.458 e. The first-order chi connectivity index (χ1) is 16.4. The summed E-state index contributed by atoms with van der Waals surface area (Å²) < 4.78 is 47.5. The van der Waals surface area contributed by atoms with Crippen molar-refractivity contribution in [1.29, 1.82) is 0 Å². The lowest BCUT2D eigenvalue weighted by atomic mass is 9.86. The molecule has 35 heavy (non-hydrogen) atoms. The number of fused-ring (bicyclic) bond motifs is 5. The molecular weight excluding hydrogens is 477 g/mol. The average molecular weight is 502 g/mol. The SMILES string of the molecule is CC[C@@]1(O)C(=O)OCc2c1cc1n(c2=O)C([C@H](C)NS(C)(=O)=O)c2cc3cc(C)c(F)cc3nc2-1. The normalized spacial score (nSPS) is 21.9. The number of carbonyl (C=O) groups excluding carboxylic acids is 1. The van der Waals surface area contributed by atoms with Crippen molar-refractivity contribution in [3.8, 4) is 11.4 Å². The molecule has 3 atom stereocenters. The smallest absolute Gasteiger partial charge is 0.343 e. The summed E-state index contributed by atoms with van der Waals surface area (Å²) in [6.45, 7) is 4.56. The van der Waals surface area contributed by atoms with E-state index < -0.39 is 45.1 Å². The van der Waals surface area contributed by atoms with Crippen molar-refractivity contribution in [2.75, 3.05) is 6.26 Å². The Morgan fingerprint density at radius 1 is 1.31 bits per heavy atom. The first-order valence-electron chi connectivity index (χ1n) is 11.1. The van der Waals surface area contributed by atoms with Gasteiger partial charge in [0.15, 0.2) is 5.60 Å². The van der Waals surface area contributed by atoms with Gasteiger partial charge in [0.2, 0.25) is 10.0 Å². The summed E-state index contributed by atoms with van der Waals surface area (Å²) in [6, 6.07) is 4.73. The van der Waals surface area contributed by atoms with Gasteiger partial charge in [0.05, 0.1) is 34.8 Å². The van der Waals surface area contributed by atoms with E-state index in [0.29, 0.717) is 33.4 Å². The molecule has 4 heterocycles. The highest BCUT2D eigenvalue weighted by Gasteiger charge is 2.47. The average Bonchev–Trinajstić information content (AvgIpc) is 3.09. The molecule has 0 radical (unpaired) electrons. The molecule has 9 nitrogen and oxygen atoms in total. The van der Waals surface area contributed by atoms with Gasteiger partial charge >= 0.3 is 5.97 Å². The van der Waals surface area contributed by atoms with Gasteiger partial charge in [-0.25, -0.2) is 27.3 Å². The zero-order chi connectivity index (χ0) is 25.4. The van der Waals surface area contributed by atoms with E-state index in [1.54, 1.807) is 32.9 Å². The second-order valence-electron chi connectivity index (χ2n) is 9.23. The van der Waals surface area contributed by atoms with Crippen molar-refractivity contribution in [3.05, 3.63) is 62.7 Å². The summed E-state index contributed by atoms with van der Waals surface area (Å²) in [4.78, 5) is 30.8. The van der Waals surface area contributed by atoms with Gasteiger partial charge in [-0.15, -0.1) is 0 Å². The molecule has 1 unspecified atom stereocenters. The molecule has 2 aromatic heterocycles. The van der Waals surface area contributed by atoms with Gasteiger partial charge in [-0.1, -0.05) is 6.92 Å². The van der Waals surface area contributed by atoms with Crippen LogP contribution in [0, 0.1) is 12.7 Å². The molecule has 184 valence electrons. The number of carbonyl (C=O) groups is 1. The minimum absolute atomic E-state index is 0.0142. The maximum Gasteiger partial charge on any atom is 0.343 e. The molecule has 0 spiro atoms. The van der Waals surface area contributed by atoms with Crippen LogP contribution in [0.2, 0.25) is 0 Å². The van der Waals surface area contributed by atoms with E-state index in [1.807, 2.05) is 0 Å². The van der Waals surface area contributed by atoms with Crippen LogP contribution < -0.4 is 10.3 Å². The van der Waals surface area contributed by atoms with E-state index in [-0.39, 0.29) is 24.2 Å². The fourth-order valence-corrected chi connectivity index (χ4v) is 5.93. The van der Waals surface area contributed by atoms with Crippen LogP contribution >= 0.6 is 0 Å². The first kappa shape index (κ1) is 23.6. The third-order valence-electron chi connectivity index (χ3n) is 6.82. The zero-order valence-corrected chi connectivity index (χ0v) is 20.4. The first-order valence-corrected chi connectivity index (χ1v) is 13.0. The number of esters is 1. The molecule has 3 aromatic rings. The van der Waals surface area contributed by atoms with Crippen molar-refractivity contribution in [3.63, 3.8) is 0 Å². The number of rotatable bonds is 4. The van der Waals surface area contributed by atoms with Crippen LogP contribution in [0.4, 0.5) is 4.39 Å². The van der Waals surface area contributed by atoms with Gasteiger partial charge in [-0.2, -0.15) is 0 Å². The molecule has 2 N–H and O–H groups in total. The van der Waals surface area contributed by atoms with Crippen LogP contribution in [0.15, 0.2) is 29.1 Å². The van der Waals surface area contributed by atoms with Crippen LogP contribution in [0.25, 0.3) is 22.3 Å². The number of hydrogen-bond donors (Lipinski definition) is 2. The standard InChI is InChI=1S/C24H24FN3O6S/c1-5-24(31)16-8-19-20-14(7-13-6-11(2)17(25)9-18(13)26-20)21(12(3)27-35(4,32)33)28(19)22(29)15(16)10-34-23(24)30/h6-9,12,21,27,31H,5,10H2,1-4H3/t12-,21?,24-/m0/s1. The highest BCUT2D eigenvalue weighted by atomic mass is 32.2. The Morgan fingerprint density at radius 3 is 2.69 bits per heavy atom. The van der Waals surface area contributed by atoms with Crippen LogP contribution in [-0.4, -0.2) is 41.3 Å². The van der Waals surface area contributed by atoms with Crippen molar-refractivity contribution < 1.29 is 27.4 Å². The quantitative estimate of drug-likeness (QED) is 0.524.